The first-order valence-electron chi connectivity index (χ1n) is 10.1. The van der Waals surface area contributed by atoms with Gasteiger partial charge in [-0.1, -0.05) is 18.2 Å². The summed E-state index contributed by atoms with van der Waals surface area (Å²) >= 11 is 0. The highest BCUT2D eigenvalue weighted by Crippen LogP contribution is 2.36. The van der Waals surface area contributed by atoms with Crippen molar-refractivity contribution in [3.8, 4) is 11.1 Å². The van der Waals surface area contributed by atoms with E-state index in [1.807, 2.05) is 31.2 Å². The molecule has 0 atom stereocenters. The van der Waals surface area contributed by atoms with Crippen LogP contribution in [-0.4, -0.2) is 44.2 Å². The first-order valence-corrected chi connectivity index (χ1v) is 10.1. The van der Waals surface area contributed by atoms with Gasteiger partial charge in [0.15, 0.2) is 5.69 Å². The summed E-state index contributed by atoms with van der Waals surface area (Å²) in [6.45, 7) is 6.40. The summed E-state index contributed by atoms with van der Waals surface area (Å²) in [5.74, 6) is -0.758. The van der Waals surface area contributed by atoms with E-state index < -0.39 is 11.5 Å². The summed E-state index contributed by atoms with van der Waals surface area (Å²) in [5, 5.41) is 18.8. The molecule has 2 heterocycles. The number of rotatable bonds is 5. The van der Waals surface area contributed by atoms with E-state index in [4.69, 9.17) is 11.5 Å². The monoisotopic (exact) mass is 419 g/mol. The molecule has 5 N–H and O–H groups in total. The molecule has 0 radical (unpaired) electrons. The number of benzene rings is 2. The van der Waals surface area contributed by atoms with Gasteiger partial charge in [-0.3, -0.25) is 9.59 Å². The van der Waals surface area contributed by atoms with Gasteiger partial charge in [-0.2, -0.15) is 0 Å². The number of carbonyl (C=O) groups excluding carboxylic acids is 2. The Morgan fingerprint density at radius 2 is 1.97 bits per heavy atom. The van der Waals surface area contributed by atoms with Gasteiger partial charge in [0.25, 0.3) is 11.8 Å². The molecular formula is C23H25N5O3. The number of nitrogens with two attached hydrogens (primary N) is 2. The molecule has 2 aromatic carbocycles. The second-order valence-corrected chi connectivity index (χ2v) is 8.64. The number of aliphatic hydroxyl groups is 1. The number of aryl methyl sites for hydroxylation is 1. The van der Waals surface area contributed by atoms with Crippen LogP contribution in [0.15, 0.2) is 30.3 Å². The summed E-state index contributed by atoms with van der Waals surface area (Å²) in [6, 6.07) is 9.41. The molecule has 0 spiro atoms. The summed E-state index contributed by atoms with van der Waals surface area (Å²) in [5.41, 5.74) is 15.7. The maximum absolute atomic E-state index is 12.7. The number of hydrogen-bond donors (Lipinski definition) is 3. The van der Waals surface area contributed by atoms with Gasteiger partial charge in [0.05, 0.1) is 11.3 Å². The van der Waals surface area contributed by atoms with Gasteiger partial charge in [-0.25, -0.2) is 0 Å². The van der Waals surface area contributed by atoms with Crippen LogP contribution >= 0.6 is 0 Å². The molecule has 0 aliphatic carbocycles. The van der Waals surface area contributed by atoms with Gasteiger partial charge < -0.3 is 21.5 Å². The lowest BCUT2D eigenvalue weighted by molar-refractivity contribution is 0.0517. The first-order chi connectivity index (χ1) is 14.6. The minimum absolute atomic E-state index is 0.0319. The Kier molecular flexibility index (Phi) is 4.89. The maximum Gasteiger partial charge on any atom is 0.271 e. The van der Waals surface area contributed by atoms with Crippen molar-refractivity contribution in [2.24, 2.45) is 5.73 Å². The number of primary amides is 1. The van der Waals surface area contributed by atoms with E-state index >= 15 is 0 Å². The molecule has 2 amide bonds. The van der Waals surface area contributed by atoms with Crippen molar-refractivity contribution in [3.05, 3.63) is 52.7 Å². The van der Waals surface area contributed by atoms with E-state index in [1.54, 1.807) is 24.8 Å². The molecule has 0 fully saturated rings. The topological polar surface area (TPSA) is 135 Å². The van der Waals surface area contributed by atoms with Crippen molar-refractivity contribution >= 4 is 28.4 Å². The largest absolute Gasteiger partial charge is 0.396 e. The minimum atomic E-state index is -0.831. The summed E-state index contributed by atoms with van der Waals surface area (Å²) < 4.78 is 0. The van der Waals surface area contributed by atoms with Crippen molar-refractivity contribution in [2.75, 3.05) is 12.3 Å². The molecule has 160 valence electrons. The molecule has 4 rings (SSSR count). The van der Waals surface area contributed by atoms with Crippen LogP contribution in [0.3, 0.4) is 0 Å². The normalized spacial score (nSPS) is 13.7. The Morgan fingerprint density at radius 1 is 1.23 bits per heavy atom. The van der Waals surface area contributed by atoms with Crippen molar-refractivity contribution in [2.45, 2.75) is 39.3 Å². The Hall–Kier alpha value is -3.52. The lowest BCUT2D eigenvalue weighted by Crippen LogP contribution is -2.31. The standard InChI is InChI=1S/C23H25N5O3/c1-12-4-6-16-18(24)20(21(25)29)27-26-19(16)17(12)13-5-7-15-14(10-13)11-28(22(15)30)9-8-23(2,3)31/h4-7,10,31H,8-9,11H2,1-3H3,(H2,24,26)(H2,25,29). The quantitative estimate of drug-likeness (QED) is 0.581. The summed E-state index contributed by atoms with van der Waals surface area (Å²) in [4.78, 5) is 26.1. The van der Waals surface area contributed by atoms with E-state index in [-0.39, 0.29) is 17.3 Å². The van der Waals surface area contributed by atoms with E-state index in [1.165, 1.54) is 0 Å². The number of carbonyl (C=O) groups is 2. The fraction of sp³-hybridized carbons (Fsp3) is 0.304. The molecule has 0 unspecified atom stereocenters. The van der Waals surface area contributed by atoms with Crippen LogP contribution in [0, 0.1) is 6.92 Å². The predicted octanol–water partition coefficient (Wildman–Crippen LogP) is 2.40. The number of aromatic nitrogens is 2. The number of fused-ring (bicyclic) bond motifs is 2. The minimum Gasteiger partial charge on any atom is -0.396 e. The van der Waals surface area contributed by atoms with Gasteiger partial charge in [-0.15, -0.1) is 10.2 Å². The SMILES string of the molecule is Cc1ccc2c(N)c(C(N)=O)nnc2c1-c1ccc2c(c1)CN(CCC(C)(C)O)C2=O. The number of anilines is 1. The number of hydrogen-bond acceptors (Lipinski definition) is 6. The zero-order valence-electron chi connectivity index (χ0n) is 17.8. The van der Waals surface area contributed by atoms with Crippen molar-refractivity contribution < 1.29 is 14.7 Å². The Morgan fingerprint density at radius 3 is 2.65 bits per heavy atom. The zero-order chi connectivity index (χ0) is 22.5. The number of nitrogen functional groups attached to an aromatic ring is 1. The summed E-state index contributed by atoms with van der Waals surface area (Å²) in [7, 11) is 0. The smallest absolute Gasteiger partial charge is 0.271 e. The fourth-order valence-electron chi connectivity index (χ4n) is 3.97. The number of nitrogens with zero attached hydrogens (tertiary/aromatic N) is 3. The highest BCUT2D eigenvalue weighted by Gasteiger charge is 2.29. The molecule has 0 saturated heterocycles. The van der Waals surface area contributed by atoms with E-state index in [9.17, 15) is 14.7 Å². The predicted molar refractivity (Wildman–Crippen MR) is 118 cm³/mol. The van der Waals surface area contributed by atoms with E-state index in [2.05, 4.69) is 10.2 Å². The van der Waals surface area contributed by atoms with Crippen LogP contribution in [0.2, 0.25) is 0 Å². The molecule has 1 aliphatic rings. The van der Waals surface area contributed by atoms with Crippen molar-refractivity contribution in [3.63, 3.8) is 0 Å². The number of amides is 2. The molecule has 0 saturated carbocycles. The van der Waals surface area contributed by atoms with Gasteiger partial charge in [-0.05, 0) is 56.0 Å². The average Bonchev–Trinajstić information content (AvgIpc) is 3.01. The lowest BCUT2D eigenvalue weighted by Gasteiger charge is -2.22. The lowest BCUT2D eigenvalue weighted by atomic mass is 9.94. The van der Waals surface area contributed by atoms with E-state index in [0.717, 1.165) is 22.3 Å². The third-order valence-corrected chi connectivity index (χ3v) is 5.68. The van der Waals surface area contributed by atoms with Crippen LogP contribution in [0.4, 0.5) is 5.69 Å². The highest BCUT2D eigenvalue weighted by atomic mass is 16.3. The molecule has 3 aromatic rings. The molecule has 31 heavy (non-hydrogen) atoms. The van der Waals surface area contributed by atoms with Gasteiger partial charge in [0, 0.05) is 29.6 Å². The third kappa shape index (κ3) is 3.70. The van der Waals surface area contributed by atoms with Crippen molar-refractivity contribution in [1.29, 1.82) is 0 Å². The van der Waals surface area contributed by atoms with Crippen LogP contribution in [0.1, 0.15) is 52.2 Å². The Bertz CT molecular complexity index is 1230. The molecule has 0 bridgehead atoms. The van der Waals surface area contributed by atoms with Gasteiger partial charge in [0.2, 0.25) is 0 Å². The van der Waals surface area contributed by atoms with Gasteiger partial charge >= 0.3 is 0 Å². The molecule has 1 aliphatic heterocycles. The molecular weight excluding hydrogens is 394 g/mol. The fourth-order valence-corrected chi connectivity index (χ4v) is 3.97. The van der Waals surface area contributed by atoms with Crippen LogP contribution in [-0.2, 0) is 6.54 Å². The van der Waals surface area contributed by atoms with Gasteiger partial charge in [0.1, 0.15) is 5.52 Å². The Balaban J connectivity index is 1.76. The zero-order valence-corrected chi connectivity index (χ0v) is 17.8. The second-order valence-electron chi connectivity index (χ2n) is 8.64. The second kappa shape index (κ2) is 7.31. The van der Waals surface area contributed by atoms with Crippen molar-refractivity contribution in [1.82, 2.24) is 15.1 Å². The van der Waals surface area contributed by atoms with Crippen LogP contribution < -0.4 is 11.5 Å². The first kappa shape index (κ1) is 20.7. The molecule has 8 nitrogen and oxygen atoms in total. The maximum atomic E-state index is 12.7. The Labute approximate surface area is 179 Å². The summed E-state index contributed by atoms with van der Waals surface area (Å²) in [6.07, 6.45) is 0.499. The average molecular weight is 419 g/mol. The molecule has 8 heteroatoms. The third-order valence-electron chi connectivity index (χ3n) is 5.68. The molecule has 1 aromatic heterocycles. The van der Waals surface area contributed by atoms with Crippen LogP contribution in [0.25, 0.3) is 22.0 Å². The van der Waals surface area contributed by atoms with Crippen LogP contribution in [0.5, 0.6) is 0 Å². The van der Waals surface area contributed by atoms with E-state index in [0.29, 0.717) is 36.0 Å². The highest BCUT2D eigenvalue weighted by molar-refractivity contribution is 6.08.